The summed E-state index contributed by atoms with van der Waals surface area (Å²) in [4.78, 5) is 16.0. The Bertz CT molecular complexity index is 1750. The number of methoxy groups -OCH3 is 2. The largest absolute Gasteiger partial charge is 0.450 e. The predicted octanol–water partition coefficient (Wildman–Crippen LogP) is 8.52. The molecule has 15 heteroatoms. The van der Waals surface area contributed by atoms with Crippen LogP contribution in [0, 0.1) is 0 Å². The van der Waals surface area contributed by atoms with E-state index in [2.05, 4.69) is 24.3 Å². The van der Waals surface area contributed by atoms with Crippen LogP contribution in [0.4, 0.5) is 4.79 Å². The van der Waals surface area contributed by atoms with Crippen LogP contribution in [-0.2, 0) is 47.4 Å². The molecule has 0 saturated carbocycles. The first kappa shape index (κ1) is 44.2. The molecule has 7 rings (SSSR count). The molecule has 15 atom stereocenters. The van der Waals surface area contributed by atoms with Gasteiger partial charge in [-0.05, 0) is 89.0 Å². The lowest BCUT2D eigenvalue weighted by Crippen LogP contribution is -2.64. The van der Waals surface area contributed by atoms with Crippen LogP contribution >= 0.6 is 47.0 Å². The molecule has 3 aromatic rings. The lowest BCUT2D eigenvalue weighted by atomic mass is 9.98. The smallest absolute Gasteiger partial charge is 0.367 e. The molecule has 4 heterocycles. The van der Waals surface area contributed by atoms with Gasteiger partial charge in [-0.3, -0.25) is 0 Å². The average molecular weight is 875 g/mol. The highest BCUT2D eigenvalue weighted by Crippen LogP contribution is 2.47. The molecule has 0 aromatic heterocycles. The highest BCUT2D eigenvalue weighted by Gasteiger charge is 2.58. The Balaban J connectivity index is 1.22. The van der Waals surface area contributed by atoms with Crippen LogP contribution < -0.4 is 0 Å². The third-order valence-electron chi connectivity index (χ3n) is 10.6. The Morgan fingerprint density at radius 2 is 1.00 bits per heavy atom. The van der Waals surface area contributed by atoms with Crippen molar-refractivity contribution in [3.8, 4) is 0 Å². The predicted molar refractivity (Wildman–Crippen MR) is 226 cm³/mol. The Hall–Kier alpha value is -1.83. The van der Waals surface area contributed by atoms with Crippen molar-refractivity contribution in [2.24, 2.45) is 0 Å². The van der Waals surface area contributed by atoms with E-state index >= 15 is 0 Å². The summed E-state index contributed by atoms with van der Waals surface area (Å²) in [5, 5.41) is -1.41. The number of ether oxygens (including phenoxy) is 10. The number of fused-ring (bicyclic) bond motifs is 1. The van der Waals surface area contributed by atoms with Crippen molar-refractivity contribution in [2.75, 3.05) is 20.5 Å². The third-order valence-corrected chi connectivity index (χ3v) is 14.8. The van der Waals surface area contributed by atoms with E-state index in [1.807, 2.05) is 101 Å². The van der Waals surface area contributed by atoms with Crippen LogP contribution in [0.25, 0.3) is 0 Å². The molecule has 4 aliphatic rings. The van der Waals surface area contributed by atoms with Gasteiger partial charge in [0.1, 0.15) is 53.4 Å². The molecule has 0 amide bonds. The Morgan fingerprint density at radius 3 is 1.50 bits per heavy atom. The lowest BCUT2D eigenvalue weighted by molar-refractivity contribution is -0.320. The SMILES string of the molecule is CO[C@@H]1[C@@H](OC(=O)SC)[C@H](Sc2ccccc2)[C@@H](O[C@@H]2[C@@H](OC)[C@H](C)O[C@H](O[C@@H]3[C@H]4OC(C)(C)O[C@H]4[C@H](Sc4ccccc4)O[C@H]3C)[C@H]2Sc2ccccc2)O[C@H]1C. The number of hydrogen-bond acceptors (Lipinski definition) is 15. The van der Waals surface area contributed by atoms with Gasteiger partial charge in [-0.15, -0.1) is 23.5 Å². The van der Waals surface area contributed by atoms with Gasteiger partial charge in [-0.25, -0.2) is 4.79 Å². The summed E-state index contributed by atoms with van der Waals surface area (Å²) >= 11 is 5.74. The third kappa shape index (κ3) is 10.3. The van der Waals surface area contributed by atoms with Gasteiger partial charge in [0.15, 0.2) is 18.4 Å². The van der Waals surface area contributed by atoms with Crippen LogP contribution in [0.1, 0.15) is 34.6 Å². The Kier molecular flexibility index (Phi) is 15.2. The van der Waals surface area contributed by atoms with E-state index in [1.165, 1.54) is 11.8 Å². The molecule has 0 unspecified atom stereocenters. The highest BCUT2D eigenvalue weighted by atomic mass is 32.2. The van der Waals surface area contributed by atoms with Crippen LogP contribution in [0.2, 0.25) is 0 Å². The average Bonchev–Trinajstić information content (AvgIpc) is 3.55. The van der Waals surface area contributed by atoms with Crippen LogP contribution in [0.15, 0.2) is 106 Å². The van der Waals surface area contributed by atoms with Crippen molar-refractivity contribution < 1.29 is 52.2 Å². The maximum atomic E-state index is 12.9. The van der Waals surface area contributed by atoms with Gasteiger partial charge in [0.25, 0.3) is 0 Å². The lowest BCUT2D eigenvalue weighted by Gasteiger charge is -2.50. The topological polar surface area (TPSA) is 109 Å². The molecule has 4 aliphatic heterocycles. The molecule has 0 radical (unpaired) electrons. The zero-order valence-electron chi connectivity index (χ0n) is 33.9. The fourth-order valence-corrected chi connectivity index (χ4v) is 11.8. The number of carbonyl (C=O) groups is 1. The first-order chi connectivity index (χ1) is 28.0. The van der Waals surface area contributed by atoms with Gasteiger partial charge in [-0.1, -0.05) is 66.4 Å². The van der Waals surface area contributed by atoms with Crippen molar-refractivity contribution in [3.05, 3.63) is 91.0 Å². The fraction of sp³-hybridized carbons (Fsp3) is 0.558. The van der Waals surface area contributed by atoms with Crippen molar-refractivity contribution >= 4 is 52.3 Å². The van der Waals surface area contributed by atoms with Gasteiger partial charge >= 0.3 is 5.30 Å². The number of rotatable bonds is 13. The van der Waals surface area contributed by atoms with E-state index in [-0.39, 0.29) is 11.5 Å². The first-order valence-corrected chi connectivity index (χ1v) is 23.4. The minimum atomic E-state index is -0.859. The second-order valence-corrected chi connectivity index (χ2v) is 19.5. The summed E-state index contributed by atoms with van der Waals surface area (Å²) < 4.78 is 66.1. The standard InChI is InChI=1S/C43H54O11S4/c1-24-30(45-6)34(51-40-38(57-28-20-14-10-15-21-28)35(52-42(44)55-8)31(46-7)25(2)48-40)37(56-27-18-12-9-13-19-27)39(47-24)50-32-26(3)49-41(58-29-22-16-11-17-23-29)36-33(32)53-43(4,5)54-36/h9-26,30-41H,1-8H3/t24-,25-,26-,30-,31-,32-,33+,34+,35+,36+,37-,38-,39+,40+,41-/m0/s1. The molecule has 0 spiro atoms. The summed E-state index contributed by atoms with van der Waals surface area (Å²) in [5.41, 5.74) is -0.327. The van der Waals surface area contributed by atoms with Crippen LogP contribution in [0.5, 0.6) is 0 Å². The van der Waals surface area contributed by atoms with E-state index in [0.29, 0.717) is 0 Å². The van der Waals surface area contributed by atoms with E-state index in [4.69, 9.17) is 47.4 Å². The van der Waals surface area contributed by atoms with Crippen molar-refractivity contribution in [2.45, 2.75) is 145 Å². The Morgan fingerprint density at radius 1 is 0.569 bits per heavy atom. The molecule has 11 nitrogen and oxygen atoms in total. The van der Waals surface area contributed by atoms with E-state index in [0.717, 1.165) is 26.4 Å². The molecular formula is C43H54O11S4. The van der Waals surface area contributed by atoms with Gasteiger partial charge in [0, 0.05) is 28.9 Å². The normalized spacial score (nSPS) is 37.2. The second-order valence-electron chi connectivity index (χ2n) is 15.1. The van der Waals surface area contributed by atoms with E-state index < -0.39 is 89.1 Å². The molecule has 0 N–H and O–H groups in total. The van der Waals surface area contributed by atoms with Crippen LogP contribution in [0.3, 0.4) is 0 Å². The van der Waals surface area contributed by atoms with Crippen molar-refractivity contribution in [1.82, 2.24) is 0 Å². The van der Waals surface area contributed by atoms with Crippen molar-refractivity contribution in [1.29, 1.82) is 0 Å². The zero-order valence-corrected chi connectivity index (χ0v) is 37.2. The molecule has 316 valence electrons. The quantitative estimate of drug-likeness (QED) is 0.153. The molecular weight excluding hydrogens is 821 g/mol. The van der Waals surface area contributed by atoms with Gasteiger partial charge in [0.05, 0.1) is 23.6 Å². The second kappa shape index (κ2) is 19.9. The molecule has 4 saturated heterocycles. The van der Waals surface area contributed by atoms with Gasteiger partial charge in [0.2, 0.25) is 0 Å². The monoisotopic (exact) mass is 874 g/mol. The first-order valence-electron chi connectivity index (χ1n) is 19.6. The molecule has 4 fully saturated rings. The number of thioether (sulfide) groups is 4. The fourth-order valence-electron chi connectivity index (χ4n) is 7.97. The molecule has 0 aliphatic carbocycles. The number of benzene rings is 3. The zero-order chi connectivity index (χ0) is 41.0. The number of hydrogen-bond donors (Lipinski definition) is 0. The van der Waals surface area contributed by atoms with Crippen LogP contribution in [-0.4, -0.2) is 121 Å². The molecule has 58 heavy (non-hydrogen) atoms. The van der Waals surface area contributed by atoms with E-state index in [9.17, 15) is 4.79 Å². The maximum Gasteiger partial charge on any atom is 0.367 e. The summed E-state index contributed by atoms with van der Waals surface area (Å²) in [5.74, 6) is -0.859. The van der Waals surface area contributed by atoms with E-state index in [1.54, 1.807) is 44.0 Å². The maximum absolute atomic E-state index is 12.9. The highest BCUT2D eigenvalue weighted by molar-refractivity contribution is 8.12. The van der Waals surface area contributed by atoms with Gasteiger partial charge < -0.3 is 47.4 Å². The summed E-state index contributed by atoms with van der Waals surface area (Å²) in [7, 11) is 3.27. The van der Waals surface area contributed by atoms with Gasteiger partial charge in [-0.2, -0.15) is 0 Å². The summed E-state index contributed by atoms with van der Waals surface area (Å²) in [6.45, 7) is 9.72. The molecule has 0 bridgehead atoms. The summed E-state index contributed by atoms with van der Waals surface area (Å²) in [6.07, 6.45) is -5.11. The molecule has 3 aromatic carbocycles. The minimum Gasteiger partial charge on any atom is -0.450 e. The summed E-state index contributed by atoms with van der Waals surface area (Å²) in [6, 6.07) is 30.2. The minimum absolute atomic E-state index is 0.327. The van der Waals surface area contributed by atoms with Crippen molar-refractivity contribution in [3.63, 3.8) is 0 Å². The Labute approximate surface area is 358 Å². The number of carbonyl (C=O) groups excluding carboxylic acids is 1.